The monoisotopic (exact) mass is 462 g/mol. The molecule has 1 aliphatic rings. The van der Waals surface area contributed by atoms with Crippen molar-refractivity contribution in [2.75, 3.05) is 59.8 Å². The molecule has 9 heteroatoms. The van der Waals surface area contributed by atoms with Gasteiger partial charge in [-0.25, -0.2) is 0 Å². The van der Waals surface area contributed by atoms with E-state index in [4.69, 9.17) is 9.47 Å². The van der Waals surface area contributed by atoms with Crippen molar-refractivity contribution < 1.29 is 23.9 Å². The highest BCUT2D eigenvalue weighted by atomic mass is 16.5. The van der Waals surface area contributed by atoms with Crippen molar-refractivity contribution in [2.45, 2.75) is 39.3 Å². The van der Waals surface area contributed by atoms with Crippen molar-refractivity contribution in [1.82, 2.24) is 14.7 Å². The number of hydrogen-bond acceptors (Lipinski definition) is 6. The number of methoxy groups -OCH3 is 1. The number of benzene rings is 1. The molecule has 0 saturated carbocycles. The summed E-state index contributed by atoms with van der Waals surface area (Å²) < 4.78 is 11.8. The highest BCUT2D eigenvalue weighted by Crippen LogP contribution is 2.27. The highest BCUT2D eigenvalue weighted by molar-refractivity contribution is 5.98. The smallest absolute Gasteiger partial charge is 0.257 e. The van der Waals surface area contributed by atoms with Crippen molar-refractivity contribution in [3.63, 3.8) is 0 Å². The summed E-state index contributed by atoms with van der Waals surface area (Å²) in [6, 6.07) is 4.79. The number of ether oxygens (including phenoxy) is 2. The molecule has 1 aromatic rings. The molecule has 2 rings (SSSR count). The first-order valence-electron chi connectivity index (χ1n) is 11.4. The van der Waals surface area contributed by atoms with E-state index in [-0.39, 0.29) is 48.9 Å². The van der Waals surface area contributed by atoms with Gasteiger partial charge in [0.1, 0.15) is 12.4 Å². The standard InChI is InChI=1S/C24H38N4O5/c1-8-22(29)25-18-9-10-19-20(11-18)33-15-17(3)28(23(30)14-26(4)5)12-16(2)21(32-7)13-27(6)24(19)31/h9-11,16-17,21H,8,12-15H2,1-7H3,(H,25,29)/t16-,17+,21-/m0/s1. The molecule has 3 amide bonds. The van der Waals surface area contributed by atoms with Crippen LogP contribution in [0.1, 0.15) is 37.6 Å². The van der Waals surface area contributed by atoms with E-state index in [2.05, 4.69) is 5.32 Å². The summed E-state index contributed by atoms with van der Waals surface area (Å²) >= 11 is 0. The third-order valence-electron chi connectivity index (χ3n) is 5.82. The zero-order valence-corrected chi connectivity index (χ0v) is 20.9. The number of rotatable bonds is 5. The Balaban J connectivity index is 2.44. The fourth-order valence-electron chi connectivity index (χ4n) is 3.81. The van der Waals surface area contributed by atoms with Gasteiger partial charge in [0.2, 0.25) is 11.8 Å². The summed E-state index contributed by atoms with van der Waals surface area (Å²) in [5.41, 5.74) is 0.952. The Labute approximate surface area is 197 Å². The summed E-state index contributed by atoms with van der Waals surface area (Å²) in [5, 5.41) is 2.80. The molecule has 3 atom stereocenters. The van der Waals surface area contributed by atoms with Gasteiger partial charge in [-0.3, -0.25) is 14.4 Å². The summed E-state index contributed by atoms with van der Waals surface area (Å²) in [6.45, 7) is 7.08. The summed E-state index contributed by atoms with van der Waals surface area (Å²) in [5.74, 6) is 0.0571. The van der Waals surface area contributed by atoms with Gasteiger partial charge in [-0.2, -0.15) is 0 Å². The molecular weight excluding hydrogens is 424 g/mol. The van der Waals surface area contributed by atoms with E-state index in [0.717, 1.165) is 0 Å². The second-order valence-electron chi connectivity index (χ2n) is 8.99. The zero-order chi connectivity index (χ0) is 24.7. The first-order chi connectivity index (χ1) is 15.6. The Hall–Kier alpha value is -2.65. The molecule has 1 aliphatic heterocycles. The molecule has 0 spiro atoms. The fourth-order valence-corrected chi connectivity index (χ4v) is 3.81. The lowest BCUT2D eigenvalue weighted by Gasteiger charge is -2.36. The number of anilines is 1. The van der Waals surface area contributed by atoms with E-state index >= 15 is 0 Å². The Morgan fingerprint density at radius 2 is 1.94 bits per heavy atom. The topological polar surface area (TPSA) is 91.4 Å². The predicted octanol–water partition coefficient (Wildman–Crippen LogP) is 1.93. The van der Waals surface area contributed by atoms with Gasteiger partial charge < -0.3 is 29.5 Å². The number of nitrogens with zero attached hydrogens (tertiary/aromatic N) is 3. The van der Waals surface area contributed by atoms with E-state index in [9.17, 15) is 14.4 Å². The first-order valence-corrected chi connectivity index (χ1v) is 11.4. The van der Waals surface area contributed by atoms with Crippen molar-refractivity contribution in [3.05, 3.63) is 23.8 Å². The highest BCUT2D eigenvalue weighted by Gasteiger charge is 2.30. The van der Waals surface area contributed by atoms with Crippen LogP contribution in [-0.2, 0) is 14.3 Å². The summed E-state index contributed by atoms with van der Waals surface area (Å²) in [4.78, 5) is 43.4. The zero-order valence-electron chi connectivity index (χ0n) is 20.9. The summed E-state index contributed by atoms with van der Waals surface area (Å²) in [7, 11) is 7.07. The van der Waals surface area contributed by atoms with Crippen LogP contribution in [0.25, 0.3) is 0 Å². The maximum absolute atomic E-state index is 13.2. The van der Waals surface area contributed by atoms with Crippen molar-refractivity contribution in [2.24, 2.45) is 5.92 Å². The normalized spacial score (nSPS) is 22.2. The molecular formula is C24H38N4O5. The molecule has 0 radical (unpaired) electrons. The minimum Gasteiger partial charge on any atom is -0.491 e. The van der Waals surface area contributed by atoms with Gasteiger partial charge in [0.05, 0.1) is 24.3 Å². The van der Waals surface area contributed by atoms with E-state index in [0.29, 0.717) is 36.5 Å². The van der Waals surface area contributed by atoms with E-state index in [1.807, 2.05) is 37.7 Å². The van der Waals surface area contributed by atoms with Crippen LogP contribution in [0.3, 0.4) is 0 Å². The number of carbonyl (C=O) groups is 3. The van der Waals surface area contributed by atoms with Gasteiger partial charge in [0, 0.05) is 51.3 Å². The maximum atomic E-state index is 13.2. The van der Waals surface area contributed by atoms with Crippen molar-refractivity contribution >= 4 is 23.4 Å². The largest absolute Gasteiger partial charge is 0.491 e. The Kier molecular flexibility index (Phi) is 9.67. The molecule has 33 heavy (non-hydrogen) atoms. The molecule has 0 unspecified atom stereocenters. The average Bonchev–Trinajstić information content (AvgIpc) is 2.77. The quantitative estimate of drug-likeness (QED) is 0.719. The molecule has 1 heterocycles. The lowest BCUT2D eigenvalue weighted by atomic mass is 10.0. The van der Waals surface area contributed by atoms with Crippen LogP contribution in [-0.4, -0.2) is 99.1 Å². The minimum atomic E-state index is -0.243. The van der Waals surface area contributed by atoms with E-state index in [1.54, 1.807) is 44.2 Å². The molecule has 184 valence electrons. The summed E-state index contributed by atoms with van der Waals surface area (Å²) in [6.07, 6.45) is 0.101. The van der Waals surface area contributed by atoms with Gasteiger partial charge in [-0.05, 0) is 33.2 Å². The maximum Gasteiger partial charge on any atom is 0.257 e. The van der Waals surface area contributed by atoms with Gasteiger partial charge in [0.15, 0.2) is 0 Å². The Morgan fingerprint density at radius 3 is 2.55 bits per heavy atom. The van der Waals surface area contributed by atoms with Gasteiger partial charge in [-0.15, -0.1) is 0 Å². The van der Waals surface area contributed by atoms with Crippen molar-refractivity contribution in [3.8, 4) is 5.75 Å². The molecule has 0 fully saturated rings. The van der Waals surface area contributed by atoms with Crippen LogP contribution in [0, 0.1) is 5.92 Å². The van der Waals surface area contributed by atoms with E-state index < -0.39 is 0 Å². The van der Waals surface area contributed by atoms with Crippen LogP contribution in [0.2, 0.25) is 0 Å². The second-order valence-corrected chi connectivity index (χ2v) is 8.99. The molecule has 1 N–H and O–H groups in total. The lowest BCUT2D eigenvalue weighted by Crippen LogP contribution is -2.50. The predicted molar refractivity (Wildman–Crippen MR) is 128 cm³/mol. The third kappa shape index (κ3) is 7.17. The molecule has 1 aromatic carbocycles. The van der Waals surface area contributed by atoms with Crippen LogP contribution < -0.4 is 10.1 Å². The fraction of sp³-hybridized carbons (Fsp3) is 0.625. The third-order valence-corrected chi connectivity index (χ3v) is 5.82. The number of amides is 3. The Morgan fingerprint density at radius 1 is 1.24 bits per heavy atom. The van der Waals surface area contributed by atoms with Gasteiger partial charge in [0.25, 0.3) is 5.91 Å². The number of hydrogen-bond donors (Lipinski definition) is 1. The number of likely N-dealkylation sites (N-methyl/N-ethyl adjacent to an activating group) is 2. The number of carbonyl (C=O) groups excluding carboxylic acids is 3. The van der Waals surface area contributed by atoms with Crippen LogP contribution in [0.15, 0.2) is 18.2 Å². The van der Waals surface area contributed by atoms with Crippen LogP contribution in [0.5, 0.6) is 5.75 Å². The van der Waals surface area contributed by atoms with Crippen molar-refractivity contribution in [1.29, 1.82) is 0 Å². The molecule has 9 nitrogen and oxygen atoms in total. The SMILES string of the molecule is CCC(=O)Nc1ccc2c(c1)OC[C@@H](C)N(C(=O)CN(C)C)C[C@H](C)[C@@H](OC)CN(C)C2=O. The van der Waals surface area contributed by atoms with Gasteiger partial charge >= 0.3 is 0 Å². The molecule has 0 saturated heterocycles. The average molecular weight is 463 g/mol. The van der Waals surface area contributed by atoms with Crippen LogP contribution in [0.4, 0.5) is 5.69 Å². The lowest BCUT2D eigenvalue weighted by molar-refractivity contribution is -0.136. The van der Waals surface area contributed by atoms with E-state index in [1.165, 1.54) is 0 Å². The number of nitrogens with one attached hydrogen (secondary N) is 1. The first kappa shape index (κ1) is 26.6. The second kappa shape index (κ2) is 12.0. The molecule has 0 bridgehead atoms. The molecule has 0 aliphatic carbocycles. The van der Waals surface area contributed by atoms with Crippen LogP contribution >= 0.6 is 0 Å². The number of fused-ring (bicyclic) bond motifs is 1. The Bertz CT molecular complexity index is 844. The molecule has 0 aromatic heterocycles. The minimum absolute atomic E-state index is 0.00322. The van der Waals surface area contributed by atoms with Gasteiger partial charge in [-0.1, -0.05) is 13.8 Å².